The standard InChI is InChI=1S/C11H11ClN4S3/c1-19-10-14-9(16(15-10)11(17)18)13-6-7-2-4-8(12)5-3-7/h2-5H,6H2,1H3,(H,17,18)(H,13,14,15). The number of thiol groups is 1. The van der Waals surface area contributed by atoms with Gasteiger partial charge in [-0.05, 0) is 24.0 Å². The minimum absolute atomic E-state index is 0.353. The average Bonchev–Trinajstić information content (AvgIpc) is 2.81. The van der Waals surface area contributed by atoms with E-state index in [0.717, 1.165) is 5.56 Å². The number of rotatable bonds is 4. The maximum absolute atomic E-state index is 5.84. The fourth-order valence-corrected chi connectivity index (χ4v) is 2.14. The third-order valence-corrected chi connectivity index (χ3v) is 3.47. The highest BCUT2D eigenvalue weighted by molar-refractivity contribution is 8.11. The molecule has 0 aliphatic heterocycles. The van der Waals surface area contributed by atoms with Crippen LogP contribution < -0.4 is 5.32 Å². The summed E-state index contributed by atoms with van der Waals surface area (Å²) in [4.78, 5) is 4.32. The molecule has 0 atom stereocenters. The Morgan fingerprint density at radius 3 is 2.74 bits per heavy atom. The molecule has 0 saturated heterocycles. The van der Waals surface area contributed by atoms with E-state index in [1.165, 1.54) is 16.4 Å². The van der Waals surface area contributed by atoms with Crippen LogP contribution in [0.4, 0.5) is 5.95 Å². The number of aromatic nitrogens is 3. The topological polar surface area (TPSA) is 42.7 Å². The number of thioether (sulfide) groups is 1. The first-order chi connectivity index (χ1) is 9.10. The summed E-state index contributed by atoms with van der Waals surface area (Å²) in [6.45, 7) is 0.611. The van der Waals surface area contributed by atoms with E-state index in [2.05, 4.69) is 28.0 Å². The molecule has 100 valence electrons. The zero-order chi connectivity index (χ0) is 13.8. The molecule has 0 spiro atoms. The van der Waals surface area contributed by atoms with Crippen molar-refractivity contribution in [2.24, 2.45) is 0 Å². The van der Waals surface area contributed by atoms with Gasteiger partial charge in [-0.2, -0.15) is 9.67 Å². The van der Waals surface area contributed by atoms with E-state index < -0.39 is 0 Å². The van der Waals surface area contributed by atoms with Gasteiger partial charge in [-0.25, -0.2) is 0 Å². The summed E-state index contributed by atoms with van der Waals surface area (Å²) in [6, 6.07) is 7.59. The van der Waals surface area contributed by atoms with Crippen molar-refractivity contribution in [3.63, 3.8) is 0 Å². The van der Waals surface area contributed by atoms with Crippen LogP contribution in [0.15, 0.2) is 29.4 Å². The van der Waals surface area contributed by atoms with Gasteiger partial charge in [0.05, 0.1) is 0 Å². The van der Waals surface area contributed by atoms with E-state index in [9.17, 15) is 0 Å². The summed E-state index contributed by atoms with van der Waals surface area (Å²) in [7, 11) is 0. The number of hydrogen-bond acceptors (Lipinski definition) is 5. The lowest BCUT2D eigenvalue weighted by Crippen LogP contribution is -2.11. The van der Waals surface area contributed by atoms with Crippen LogP contribution >= 0.6 is 48.2 Å². The fourth-order valence-electron chi connectivity index (χ4n) is 1.41. The Kier molecular flexibility index (Phi) is 5.09. The van der Waals surface area contributed by atoms with Gasteiger partial charge in [-0.3, -0.25) is 0 Å². The van der Waals surface area contributed by atoms with Crippen molar-refractivity contribution in [1.82, 2.24) is 14.8 Å². The highest BCUT2D eigenvalue weighted by Gasteiger charge is 2.10. The number of halogens is 1. The molecule has 1 aromatic carbocycles. The first-order valence-electron chi connectivity index (χ1n) is 5.33. The van der Waals surface area contributed by atoms with E-state index in [0.29, 0.717) is 27.0 Å². The largest absolute Gasteiger partial charge is 0.350 e. The number of benzene rings is 1. The molecule has 0 aliphatic rings. The van der Waals surface area contributed by atoms with Crippen molar-refractivity contribution in [3.05, 3.63) is 34.9 Å². The minimum Gasteiger partial charge on any atom is -0.350 e. The molecule has 1 heterocycles. The summed E-state index contributed by atoms with van der Waals surface area (Å²) < 4.78 is 1.85. The molecule has 2 aromatic rings. The number of anilines is 1. The van der Waals surface area contributed by atoms with Crippen LogP contribution in [-0.2, 0) is 6.54 Å². The third kappa shape index (κ3) is 3.85. The molecule has 8 heteroatoms. The Hall–Kier alpha value is -0.760. The predicted molar refractivity (Wildman–Crippen MR) is 87.6 cm³/mol. The van der Waals surface area contributed by atoms with Crippen molar-refractivity contribution in [1.29, 1.82) is 0 Å². The Morgan fingerprint density at radius 1 is 1.47 bits per heavy atom. The van der Waals surface area contributed by atoms with E-state index in [1.807, 2.05) is 30.5 Å². The Balaban J connectivity index is 2.12. The lowest BCUT2D eigenvalue weighted by atomic mass is 10.2. The first kappa shape index (κ1) is 14.6. The normalized spacial score (nSPS) is 10.5. The molecule has 1 aromatic heterocycles. The van der Waals surface area contributed by atoms with Gasteiger partial charge >= 0.3 is 0 Å². The van der Waals surface area contributed by atoms with Crippen LogP contribution in [0.25, 0.3) is 0 Å². The summed E-state index contributed by atoms with van der Waals surface area (Å²) >= 11 is 16.4. The number of nitrogens with one attached hydrogen (secondary N) is 1. The van der Waals surface area contributed by atoms with Gasteiger partial charge in [0.25, 0.3) is 0 Å². The molecule has 0 bridgehead atoms. The van der Waals surface area contributed by atoms with E-state index in [-0.39, 0.29) is 0 Å². The predicted octanol–water partition coefficient (Wildman–Crippen LogP) is 3.33. The van der Waals surface area contributed by atoms with Crippen molar-refractivity contribution in [2.75, 3.05) is 11.6 Å². The van der Waals surface area contributed by atoms with E-state index in [1.54, 1.807) is 0 Å². The van der Waals surface area contributed by atoms with Crippen LogP contribution in [-0.4, -0.2) is 25.3 Å². The zero-order valence-corrected chi connectivity index (χ0v) is 13.3. The van der Waals surface area contributed by atoms with Crippen LogP contribution in [0.2, 0.25) is 5.02 Å². The molecule has 0 fully saturated rings. The van der Waals surface area contributed by atoms with E-state index >= 15 is 0 Å². The molecule has 0 aliphatic carbocycles. The van der Waals surface area contributed by atoms with Gasteiger partial charge in [0.1, 0.15) is 0 Å². The fraction of sp³-hybridized carbons (Fsp3) is 0.182. The van der Waals surface area contributed by atoms with Crippen molar-refractivity contribution in [2.45, 2.75) is 11.7 Å². The maximum Gasteiger partial charge on any atom is 0.228 e. The Morgan fingerprint density at radius 2 is 2.16 bits per heavy atom. The lowest BCUT2D eigenvalue weighted by molar-refractivity contribution is 0.895. The maximum atomic E-state index is 5.84. The van der Waals surface area contributed by atoms with Crippen molar-refractivity contribution < 1.29 is 0 Å². The zero-order valence-electron chi connectivity index (χ0n) is 10.00. The quantitative estimate of drug-likeness (QED) is 0.511. The second-order valence-corrected chi connectivity index (χ2v) is 5.92. The summed E-state index contributed by atoms with van der Waals surface area (Å²) in [5, 5.41) is 8.77. The van der Waals surface area contributed by atoms with Crippen LogP contribution in [0.5, 0.6) is 0 Å². The number of nitrogens with zero attached hydrogens (tertiary/aromatic N) is 3. The second kappa shape index (κ2) is 6.60. The molecule has 1 N–H and O–H groups in total. The van der Waals surface area contributed by atoms with Gasteiger partial charge in [0, 0.05) is 11.6 Å². The molecule has 19 heavy (non-hydrogen) atoms. The molecule has 0 amide bonds. The minimum atomic E-state index is 0.353. The highest BCUT2D eigenvalue weighted by atomic mass is 35.5. The third-order valence-electron chi connectivity index (χ3n) is 2.32. The molecular weight excluding hydrogens is 320 g/mol. The van der Waals surface area contributed by atoms with Crippen molar-refractivity contribution >= 4 is 58.5 Å². The van der Waals surface area contributed by atoms with Crippen LogP contribution in [0.1, 0.15) is 5.56 Å². The van der Waals surface area contributed by atoms with Crippen molar-refractivity contribution in [3.8, 4) is 0 Å². The molecule has 2 rings (SSSR count). The highest BCUT2D eigenvalue weighted by Crippen LogP contribution is 2.16. The van der Waals surface area contributed by atoms with Gasteiger partial charge in [-0.15, -0.1) is 17.7 Å². The monoisotopic (exact) mass is 330 g/mol. The van der Waals surface area contributed by atoms with Gasteiger partial charge in [-0.1, -0.05) is 47.7 Å². The first-order valence-corrected chi connectivity index (χ1v) is 7.78. The second-order valence-electron chi connectivity index (χ2n) is 3.60. The van der Waals surface area contributed by atoms with Crippen LogP contribution in [0.3, 0.4) is 0 Å². The summed E-state index contributed by atoms with van der Waals surface area (Å²) in [6.07, 6.45) is 1.91. The number of hydrogen-bond donors (Lipinski definition) is 2. The SMILES string of the molecule is CSc1nc(NCc2ccc(Cl)cc2)n(C(=S)S)n1. The smallest absolute Gasteiger partial charge is 0.228 e. The molecule has 0 radical (unpaired) electrons. The summed E-state index contributed by atoms with van der Waals surface area (Å²) in [5.74, 6) is 0.583. The van der Waals surface area contributed by atoms with Crippen LogP contribution in [0, 0.1) is 0 Å². The van der Waals surface area contributed by atoms with Gasteiger partial charge in [0.15, 0.2) is 4.32 Å². The molecule has 0 saturated carbocycles. The number of thiocarbonyl (C=S) groups is 1. The Bertz CT molecular complexity index is 582. The molecule has 4 nitrogen and oxygen atoms in total. The van der Waals surface area contributed by atoms with Gasteiger partial charge in [0.2, 0.25) is 11.1 Å². The Labute approximate surface area is 131 Å². The molecule has 0 unspecified atom stereocenters. The summed E-state index contributed by atoms with van der Waals surface area (Å²) in [5.41, 5.74) is 1.09. The van der Waals surface area contributed by atoms with Gasteiger partial charge < -0.3 is 5.32 Å². The average molecular weight is 331 g/mol. The molecular formula is C11H11ClN4S3. The lowest BCUT2D eigenvalue weighted by Gasteiger charge is -2.06. The van der Waals surface area contributed by atoms with E-state index in [4.69, 9.17) is 23.8 Å².